The zero-order valence-electron chi connectivity index (χ0n) is 16.9. The summed E-state index contributed by atoms with van der Waals surface area (Å²) in [5.41, 5.74) is 5.47. The summed E-state index contributed by atoms with van der Waals surface area (Å²) in [4.78, 5) is 0. The van der Waals surface area contributed by atoms with Gasteiger partial charge in [-0.15, -0.1) is 0 Å². The van der Waals surface area contributed by atoms with E-state index in [1.807, 2.05) is 6.07 Å². The highest BCUT2D eigenvalue weighted by Gasteiger charge is 2.56. The molecule has 2 aromatic carbocycles. The quantitative estimate of drug-likeness (QED) is 0.741. The van der Waals surface area contributed by atoms with Crippen LogP contribution in [0.1, 0.15) is 55.2 Å². The molecule has 1 N–H and O–H groups in total. The van der Waals surface area contributed by atoms with Gasteiger partial charge in [0.1, 0.15) is 5.75 Å². The lowest BCUT2D eigenvalue weighted by molar-refractivity contribution is -0.0158. The van der Waals surface area contributed by atoms with Crippen molar-refractivity contribution in [1.29, 1.82) is 0 Å². The van der Waals surface area contributed by atoms with Gasteiger partial charge in [0, 0.05) is 5.41 Å². The largest absolute Gasteiger partial charge is 0.497 e. The first-order valence-electron chi connectivity index (χ1n) is 10.7. The van der Waals surface area contributed by atoms with E-state index < -0.39 is 0 Å². The Kier molecular flexibility index (Phi) is 4.35. The number of hydrogen-bond acceptors (Lipinski definition) is 2. The van der Waals surface area contributed by atoms with E-state index in [1.54, 1.807) is 7.11 Å². The fraction of sp³-hybridized carbons (Fsp3) is 0.462. The molecule has 0 aromatic heterocycles. The van der Waals surface area contributed by atoms with Crippen molar-refractivity contribution in [1.82, 2.24) is 0 Å². The third-order valence-corrected chi connectivity index (χ3v) is 7.95. The van der Waals surface area contributed by atoms with E-state index in [9.17, 15) is 5.11 Å². The highest BCUT2D eigenvalue weighted by molar-refractivity contribution is 5.55. The molecule has 0 heterocycles. The van der Waals surface area contributed by atoms with Crippen LogP contribution in [0.3, 0.4) is 0 Å². The first kappa shape index (κ1) is 18.0. The molecule has 146 valence electrons. The van der Waals surface area contributed by atoms with Gasteiger partial charge in [-0.2, -0.15) is 0 Å². The van der Waals surface area contributed by atoms with E-state index >= 15 is 0 Å². The maximum atomic E-state index is 11.3. The monoisotopic (exact) mass is 374 g/mol. The molecule has 28 heavy (non-hydrogen) atoms. The molecule has 3 aliphatic rings. The first-order chi connectivity index (χ1) is 13.6. The molecule has 0 bridgehead atoms. The molecule has 0 spiro atoms. The molecule has 0 radical (unpaired) electrons. The fourth-order valence-electron chi connectivity index (χ4n) is 6.45. The summed E-state index contributed by atoms with van der Waals surface area (Å²) in [5.74, 6) is 2.86. The third-order valence-electron chi connectivity index (χ3n) is 7.95. The second kappa shape index (κ2) is 6.77. The topological polar surface area (TPSA) is 29.5 Å². The van der Waals surface area contributed by atoms with Gasteiger partial charge < -0.3 is 9.84 Å². The van der Waals surface area contributed by atoms with E-state index in [-0.39, 0.29) is 11.5 Å². The maximum Gasteiger partial charge on any atom is 0.119 e. The lowest BCUT2D eigenvalue weighted by atomic mass is 9.55. The number of ether oxygens (including phenoxy) is 1. The Bertz CT molecular complexity index is 900. The van der Waals surface area contributed by atoms with Crippen LogP contribution in [0.25, 0.3) is 6.08 Å². The van der Waals surface area contributed by atoms with Crippen LogP contribution in [0.4, 0.5) is 0 Å². The Labute approximate surface area is 168 Å². The van der Waals surface area contributed by atoms with Crippen molar-refractivity contribution >= 4 is 6.08 Å². The zero-order chi connectivity index (χ0) is 19.3. The summed E-state index contributed by atoms with van der Waals surface area (Å²) in [6, 6.07) is 17.1. The maximum absolute atomic E-state index is 11.3. The minimum atomic E-state index is -0.309. The molecule has 3 aliphatic carbocycles. The van der Waals surface area contributed by atoms with Crippen molar-refractivity contribution in [3.63, 3.8) is 0 Å². The van der Waals surface area contributed by atoms with Crippen LogP contribution < -0.4 is 4.74 Å². The number of aliphatic hydroxyl groups is 1. The number of aryl methyl sites for hydroxylation is 1. The molecule has 2 fully saturated rings. The molecular formula is C26H30O2. The first-order valence-corrected chi connectivity index (χ1v) is 10.7. The molecule has 0 amide bonds. The lowest BCUT2D eigenvalue weighted by Crippen LogP contribution is -2.44. The lowest BCUT2D eigenvalue weighted by Gasteiger charge is -2.49. The smallest absolute Gasteiger partial charge is 0.119 e. The summed E-state index contributed by atoms with van der Waals surface area (Å²) >= 11 is 0. The minimum absolute atomic E-state index is 0.0196. The van der Waals surface area contributed by atoms with E-state index in [1.165, 1.54) is 35.1 Å². The average Bonchev–Trinajstić information content (AvgIpc) is 2.99. The molecule has 5 unspecified atom stereocenters. The molecule has 2 saturated carbocycles. The second-order valence-electron chi connectivity index (χ2n) is 9.26. The molecule has 0 aliphatic heterocycles. The van der Waals surface area contributed by atoms with E-state index in [0.29, 0.717) is 17.8 Å². The van der Waals surface area contributed by atoms with Gasteiger partial charge in [0.15, 0.2) is 0 Å². The van der Waals surface area contributed by atoms with Crippen LogP contribution in [0.2, 0.25) is 0 Å². The van der Waals surface area contributed by atoms with Gasteiger partial charge in [0.25, 0.3) is 0 Å². The van der Waals surface area contributed by atoms with Crippen molar-refractivity contribution in [3.8, 4) is 5.75 Å². The van der Waals surface area contributed by atoms with Crippen molar-refractivity contribution in [3.05, 3.63) is 70.8 Å². The molecule has 2 aromatic rings. The van der Waals surface area contributed by atoms with Gasteiger partial charge in [0.05, 0.1) is 13.2 Å². The zero-order valence-corrected chi connectivity index (χ0v) is 16.9. The summed E-state index contributed by atoms with van der Waals surface area (Å²) in [7, 11) is 1.75. The Morgan fingerprint density at radius 3 is 2.71 bits per heavy atom. The van der Waals surface area contributed by atoms with Gasteiger partial charge in [-0.3, -0.25) is 0 Å². The normalized spacial score (nSPS) is 35.2. The molecular weight excluding hydrogens is 344 g/mol. The Morgan fingerprint density at radius 1 is 1.11 bits per heavy atom. The van der Waals surface area contributed by atoms with E-state index in [0.717, 1.165) is 25.0 Å². The Morgan fingerprint density at radius 2 is 1.93 bits per heavy atom. The summed E-state index contributed by atoms with van der Waals surface area (Å²) < 4.78 is 5.45. The van der Waals surface area contributed by atoms with Gasteiger partial charge in [0.2, 0.25) is 0 Å². The summed E-state index contributed by atoms with van der Waals surface area (Å²) in [6.45, 7) is 2.34. The van der Waals surface area contributed by atoms with Crippen LogP contribution in [0.5, 0.6) is 5.75 Å². The van der Waals surface area contributed by atoms with Gasteiger partial charge in [-0.1, -0.05) is 49.4 Å². The van der Waals surface area contributed by atoms with Crippen LogP contribution in [-0.4, -0.2) is 18.3 Å². The molecule has 5 rings (SSSR count). The molecule has 2 heteroatoms. The van der Waals surface area contributed by atoms with Crippen LogP contribution >= 0.6 is 0 Å². The SMILES string of the molecule is COc1ccc2c(c1)CCC1C2CCC2(C)C(O)/C(=C/c3ccccc3)CC12. The average molecular weight is 375 g/mol. The number of aliphatic hydroxyl groups excluding tert-OH is 1. The predicted octanol–water partition coefficient (Wildman–Crippen LogP) is 5.61. The summed E-state index contributed by atoms with van der Waals surface area (Å²) in [6.07, 6.45) is 7.63. The number of benzene rings is 2. The van der Waals surface area contributed by atoms with E-state index in [2.05, 4.69) is 55.5 Å². The van der Waals surface area contributed by atoms with Crippen molar-refractivity contribution < 1.29 is 9.84 Å². The minimum Gasteiger partial charge on any atom is -0.497 e. The van der Waals surface area contributed by atoms with Crippen LogP contribution in [-0.2, 0) is 6.42 Å². The number of fused-ring (bicyclic) bond motifs is 5. The number of rotatable bonds is 2. The van der Waals surface area contributed by atoms with Crippen LogP contribution in [0, 0.1) is 17.3 Å². The summed E-state index contributed by atoms with van der Waals surface area (Å²) in [5, 5.41) is 11.3. The molecule has 5 atom stereocenters. The molecule has 0 saturated heterocycles. The van der Waals surface area contributed by atoms with Crippen molar-refractivity contribution in [2.75, 3.05) is 7.11 Å². The highest BCUT2D eigenvalue weighted by atomic mass is 16.5. The fourth-order valence-corrected chi connectivity index (χ4v) is 6.45. The van der Waals surface area contributed by atoms with Gasteiger partial charge in [-0.05, 0) is 84.3 Å². The van der Waals surface area contributed by atoms with Gasteiger partial charge >= 0.3 is 0 Å². The predicted molar refractivity (Wildman–Crippen MR) is 113 cm³/mol. The number of hydrogen-bond donors (Lipinski definition) is 1. The van der Waals surface area contributed by atoms with E-state index in [4.69, 9.17) is 4.74 Å². The Hall–Kier alpha value is -2.06. The number of methoxy groups -OCH3 is 1. The third kappa shape index (κ3) is 2.73. The van der Waals surface area contributed by atoms with Crippen molar-refractivity contribution in [2.45, 2.75) is 51.0 Å². The molecule has 2 nitrogen and oxygen atoms in total. The van der Waals surface area contributed by atoms with Gasteiger partial charge in [-0.25, -0.2) is 0 Å². The van der Waals surface area contributed by atoms with Crippen molar-refractivity contribution in [2.24, 2.45) is 17.3 Å². The highest BCUT2D eigenvalue weighted by Crippen LogP contribution is 2.62. The second-order valence-corrected chi connectivity index (χ2v) is 9.26. The van der Waals surface area contributed by atoms with Crippen LogP contribution in [0.15, 0.2) is 54.1 Å². The standard InChI is InChI=1S/C26H30O2/c1-26-13-12-22-21-11-9-20(28-2)15-18(21)8-10-23(22)24(26)16-19(25(26)27)14-17-6-4-3-5-7-17/h3-7,9,11,14-15,22-25,27H,8,10,12-13,16H2,1-2H3/b19-14+. The Balaban J connectivity index is 1.47.